The highest BCUT2D eigenvalue weighted by molar-refractivity contribution is 7.11. The van der Waals surface area contributed by atoms with Crippen LogP contribution in [0, 0.1) is 6.92 Å². The number of guanidine groups is 1. The number of anilines is 1. The Balaban J connectivity index is 1.72. The van der Waals surface area contributed by atoms with Crippen LogP contribution in [-0.2, 0) is 13.0 Å². The maximum atomic E-state index is 4.43. The van der Waals surface area contributed by atoms with Crippen LogP contribution in [0.3, 0.4) is 0 Å². The van der Waals surface area contributed by atoms with E-state index in [9.17, 15) is 0 Å². The van der Waals surface area contributed by atoms with Crippen molar-refractivity contribution in [2.75, 3.05) is 18.5 Å². The van der Waals surface area contributed by atoms with Crippen molar-refractivity contribution >= 4 is 23.0 Å². The Morgan fingerprint density at radius 2 is 2.15 bits per heavy atom. The molecule has 104 valence electrons. The summed E-state index contributed by atoms with van der Waals surface area (Å²) in [5, 5.41) is 3.47. The summed E-state index contributed by atoms with van der Waals surface area (Å²) < 4.78 is 0. The van der Waals surface area contributed by atoms with Gasteiger partial charge in [0.25, 0.3) is 0 Å². The van der Waals surface area contributed by atoms with E-state index in [1.165, 1.54) is 21.0 Å². The van der Waals surface area contributed by atoms with Gasteiger partial charge >= 0.3 is 0 Å². The number of nitrogens with zero attached hydrogens (tertiary/aromatic N) is 2. The van der Waals surface area contributed by atoms with Crippen LogP contribution in [0.4, 0.5) is 5.69 Å². The quantitative estimate of drug-likeness (QED) is 0.678. The minimum atomic E-state index is 0.837. The van der Waals surface area contributed by atoms with Crippen LogP contribution in [0.2, 0.25) is 0 Å². The van der Waals surface area contributed by atoms with Crippen LogP contribution in [0.1, 0.15) is 15.3 Å². The molecule has 0 unspecified atom stereocenters. The van der Waals surface area contributed by atoms with Crippen molar-refractivity contribution in [2.45, 2.75) is 19.9 Å². The first-order valence-corrected chi connectivity index (χ1v) is 7.71. The third-order valence-corrected chi connectivity index (χ3v) is 4.57. The molecule has 0 saturated carbocycles. The molecule has 0 atom stereocenters. The number of rotatable bonds is 2. The van der Waals surface area contributed by atoms with Crippen molar-refractivity contribution in [3.63, 3.8) is 0 Å². The molecule has 2 aromatic rings. The first kappa shape index (κ1) is 13.2. The van der Waals surface area contributed by atoms with Crippen LogP contribution < -0.4 is 10.2 Å². The second-order valence-electron chi connectivity index (χ2n) is 4.94. The molecular weight excluding hydrogens is 266 g/mol. The Morgan fingerprint density at radius 3 is 2.90 bits per heavy atom. The molecule has 1 aromatic heterocycles. The van der Waals surface area contributed by atoms with Crippen molar-refractivity contribution in [3.05, 3.63) is 51.7 Å². The summed E-state index contributed by atoms with van der Waals surface area (Å²) in [6.45, 7) is 3.98. The summed E-state index contributed by atoms with van der Waals surface area (Å²) in [5.74, 6) is 0.959. The molecule has 3 rings (SSSR count). The van der Waals surface area contributed by atoms with E-state index in [2.05, 4.69) is 58.5 Å². The Bertz CT molecular complexity index is 630. The maximum Gasteiger partial charge on any atom is 0.198 e. The first-order chi connectivity index (χ1) is 9.78. The van der Waals surface area contributed by atoms with E-state index in [1.807, 2.05) is 18.4 Å². The molecule has 0 saturated heterocycles. The van der Waals surface area contributed by atoms with Gasteiger partial charge in [-0.25, -0.2) is 0 Å². The van der Waals surface area contributed by atoms with Gasteiger partial charge in [0.2, 0.25) is 0 Å². The zero-order chi connectivity index (χ0) is 13.9. The Kier molecular flexibility index (Phi) is 3.74. The highest BCUT2D eigenvalue weighted by atomic mass is 32.1. The molecule has 1 aliphatic heterocycles. The van der Waals surface area contributed by atoms with Gasteiger partial charge in [0, 0.05) is 29.0 Å². The lowest BCUT2D eigenvalue weighted by molar-refractivity contribution is 0.879. The predicted molar refractivity (Wildman–Crippen MR) is 86.7 cm³/mol. The first-order valence-electron chi connectivity index (χ1n) is 6.89. The van der Waals surface area contributed by atoms with Gasteiger partial charge in [0.05, 0.1) is 6.54 Å². The van der Waals surface area contributed by atoms with E-state index in [0.29, 0.717) is 0 Å². The molecule has 0 radical (unpaired) electrons. The van der Waals surface area contributed by atoms with Crippen molar-refractivity contribution < 1.29 is 0 Å². The fourth-order valence-corrected chi connectivity index (χ4v) is 3.43. The SMILES string of the molecule is CN=C(NCc1ccc(C)s1)N1CCc2ccccc21. The third-order valence-electron chi connectivity index (χ3n) is 3.57. The number of nitrogens with one attached hydrogen (secondary N) is 1. The Labute approximate surface area is 124 Å². The predicted octanol–water partition coefficient (Wildman–Crippen LogP) is 3.19. The lowest BCUT2D eigenvalue weighted by Crippen LogP contribution is -2.40. The van der Waals surface area contributed by atoms with Gasteiger partial charge in [-0.1, -0.05) is 18.2 Å². The van der Waals surface area contributed by atoms with E-state index in [4.69, 9.17) is 0 Å². The molecule has 0 bridgehead atoms. The maximum absolute atomic E-state index is 4.43. The van der Waals surface area contributed by atoms with Crippen LogP contribution in [0.15, 0.2) is 41.4 Å². The lowest BCUT2D eigenvalue weighted by Gasteiger charge is -2.22. The van der Waals surface area contributed by atoms with Gasteiger partial charge < -0.3 is 10.2 Å². The highest BCUT2D eigenvalue weighted by Gasteiger charge is 2.22. The van der Waals surface area contributed by atoms with Crippen molar-refractivity contribution in [1.82, 2.24) is 5.32 Å². The van der Waals surface area contributed by atoms with E-state index in [-0.39, 0.29) is 0 Å². The number of aryl methyl sites for hydroxylation is 1. The van der Waals surface area contributed by atoms with Crippen LogP contribution in [-0.4, -0.2) is 19.6 Å². The summed E-state index contributed by atoms with van der Waals surface area (Å²) >= 11 is 1.83. The molecule has 0 spiro atoms. The van der Waals surface area contributed by atoms with Crippen molar-refractivity contribution in [1.29, 1.82) is 0 Å². The third kappa shape index (κ3) is 2.56. The van der Waals surface area contributed by atoms with E-state index in [0.717, 1.165) is 25.5 Å². The number of benzene rings is 1. The fourth-order valence-electron chi connectivity index (χ4n) is 2.60. The van der Waals surface area contributed by atoms with Gasteiger partial charge in [-0.3, -0.25) is 4.99 Å². The van der Waals surface area contributed by atoms with E-state index in [1.54, 1.807) is 0 Å². The van der Waals surface area contributed by atoms with Gasteiger partial charge in [-0.15, -0.1) is 11.3 Å². The largest absolute Gasteiger partial charge is 0.351 e. The second kappa shape index (κ2) is 5.67. The second-order valence-corrected chi connectivity index (χ2v) is 6.32. The fraction of sp³-hybridized carbons (Fsp3) is 0.312. The zero-order valence-electron chi connectivity index (χ0n) is 11.9. The summed E-state index contributed by atoms with van der Waals surface area (Å²) in [7, 11) is 1.85. The normalized spacial score (nSPS) is 14.5. The van der Waals surface area contributed by atoms with Gasteiger partial charge in [0.1, 0.15) is 0 Å². The monoisotopic (exact) mass is 285 g/mol. The topological polar surface area (TPSA) is 27.6 Å². The lowest BCUT2D eigenvalue weighted by atomic mass is 10.2. The van der Waals surface area contributed by atoms with Gasteiger partial charge in [0.15, 0.2) is 5.96 Å². The Morgan fingerprint density at radius 1 is 1.30 bits per heavy atom. The number of aliphatic imine (C=N–C) groups is 1. The standard InChI is InChI=1S/C16H19N3S/c1-12-7-8-14(20-12)11-18-16(17-2)19-10-9-13-5-3-4-6-15(13)19/h3-8H,9-11H2,1-2H3,(H,17,18). The molecule has 2 heterocycles. The highest BCUT2D eigenvalue weighted by Crippen LogP contribution is 2.27. The van der Waals surface area contributed by atoms with Gasteiger partial charge in [-0.2, -0.15) is 0 Å². The van der Waals surface area contributed by atoms with Crippen LogP contribution >= 0.6 is 11.3 Å². The van der Waals surface area contributed by atoms with Crippen LogP contribution in [0.25, 0.3) is 0 Å². The van der Waals surface area contributed by atoms with Crippen molar-refractivity contribution in [2.24, 2.45) is 4.99 Å². The molecule has 20 heavy (non-hydrogen) atoms. The molecule has 1 aliphatic rings. The van der Waals surface area contributed by atoms with E-state index < -0.39 is 0 Å². The molecule has 0 fully saturated rings. The smallest absolute Gasteiger partial charge is 0.198 e. The molecular formula is C16H19N3S. The molecule has 1 N–H and O–H groups in total. The molecule has 3 nitrogen and oxygen atoms in total. The minimum Gasteiger partial charge on any atom is -0.351 e. The number of hydrogen-bond acceptors (Lipinski definition) is 2. The summed E-state index contributed by atoms with van der Waals surface area (Å²) in [6, 6.07) is 12.9. The number of para-hydroxylation sites is 1. The Hall–Kier alpha value is -1.81. The summed E-state index contributed by atoms with van der Waals surface area (Å²) in [6.07, 6.45) is 1.09. The van der Waals surface area contributed by atoms with E-state index >= 15 is 0 Å². The molecule has 0 amide bonds. The van der Waals surface area contributed by atoms with Crippen LogP contribution in [0.5, 0.6) is 0 Å². The zero-order valence-corrected chi connectivity index (χ0v) is 12.7. The molecule has 0 aliphatic carbocycles. The minimum absolute atomic E-state index is 0.837. The summed E-state index contributed by atoms with van der Waals surface area (Å²) in [5.41, 5.74) is 2.69. The molecule has 1 aromatic carbocycles. The van der Waals surface area contributed by atoms with Crippen molar-refractivity contribution in [3.8, 4) is 0 Å². The average Bonchev–Trinajstić information content (AvgIpc) is 3.07. The number of thiophene rings is 1. The summed E-state index contributed by atoms with van der Waals surface area (Å²) in [4.78, 5) is 9.39. The number of fused-ring (bicyclic) bond motifs is 1. The van der Waals surface area contributed by atoms with Gasteiger partial charge in [-0.05, 0) is 37.1 Å². The average molecular weight is 285 g/mol. The number of hydrogen-bond donors (Lipinski definition) is 1. The molecule has 4 heteroatoms.